The van der Waals surface area contributed by atoms with Gasteiger partial charge in [0.1, 0.15) is 11.2 Å². The monoisotopic (exact) mass is 276 g/mol. The summed E-state index contributed by atoms with van der Waals surface area (Å²) in [7, 11) is 0. The zero-order chi connectivity index (χ0) is 14.0. The standard InChI is InChI=1S/C15H13ClO3/c1-15(14(18)19,10-6-3-2-4-7-10)11-8-5-9-12(17)13(11)16/h2-9,17H,1H3,(H,18,19). The average Bonchev–Trinajstić information content (AvgIpc) is 2.42. The topological polar surface area (TPSA) is 57.5 Å². The van der Waals surface area contributed by atoms with Crippen molar-refractivity contribution in [1.82, 2.24) is 0 Å². The number of halogens is 1. The number of aromatic hydroxyl groups is 1. The van der Waals surface area contributed by atoms with Crippen LogP contribution in [0, 0.1) is 0 Å². The van der Waals surface area contributed by atoms with E-state index in [-0.39, 0.29) is 10.8 Å². The van der Waals surface area contributed by atoms with Gasteiger partial charge in [-0.25, -0.2) is 0 Å². The molecule has 2 aromatic carbocycles. The second-order valence-electron chi connectivity index (χ2n) is 4.43. The van der Waals surface area contributed by atoms with Crippen LogP contribution in [0.3, 0.4) is 0 Å². The fourth-order valence-corrected chi connectivity index (χ4v) is 2.39. The van der Waals surface area contributed by atoms with E-state index in [1.807, 2.05) is 6.07 Å². The molecule has 0 heterocycles. The Bertz CT molecular complexity index is 610. The molecular weight excluding hydrogens is 264 g/mol. The molecule has 0 fully saturated rings. The van der Waals surface area contributed by atoms with Gasteiger partial charge >= 0.3 is 5.97 Å². The van der Waals surface area contributed by atoms with Crippen LogP contribution in [0.4, 0.5) is 0 Å². The average molecular weight is 277 g/mol. The third-order valence-corrected chi connectivity index (χ3v) is 3.69. The highest BCUT2D eigenvalue weighted by Crippen LogP contribution is 2.39. The number of aliphatic carboxylic acids is 1. The second kappa shape index (κ2) is 4.94. The zero-order valence-corrected chi connectivity index (χ0v) is 11.1. The van der Waals surface area contributed by atoms with Gasteiger partial charge in [-0.15, -0.1) is 0 Å². The van der Waals surface area contributed by atoms with Crippen molar-refractivity contribution in [1.29, 1.82) is 0 Å². The summed E-state index contributed by atoms with van der Waals surface area (Å²) in [6.07, 6.45) is 0. The van der Waals surface area contributed by atoms with Gasteiger partial charge in [0.2, 0.25) is 0 Å². The molecule has 0 saturated carbocycles. The number of phenolic OH excluding ortho intramolecular Hbond substituents is 1. The second-order valence-corrected chi connectivity index (χ2v) is 4.81. The first-order chi connectivity index (χ1) is 8.98. The van der Waals surface area contributed by atoms with E-state index < -0.39 is 11.4 Å². The molecule has 1 atom stereocenters. The van der Waals surface area contributed by atoms with Gasteiger partial charge in [-0.2, -0.15) is 0 Å². The van der Waals surface area contributed by atoms with Gasteiger partial charge in [-0.05, 0) is 24.1 Å². The Morgan fingerprint density at radius 2 is 1.74 bits per heavy atom. The van der Waals surface area contributed by atoms with Crippen LogP contribution < -0.4 is 0 Å². The molecule has 0 aliphatic carbocycles. The third-order valence-electron chi connectivity index (χ3n) is 3.30. The van der Waals surface area contributed by atoms with Gasteiger partial charge in [0.15, 0.2) is 0 Å². The van der Waals surface area contributed by atoms with Crippen molar-refractivity contribution in [2.75, 3.05) is 0 Å². The van der Waals surface area contributed by atoms with Gasteiger partial charge in [-0.1, -0.05) is 54.1 Å². The van der Waals surface area contributed by atoms with E-state index in [1.165, 1.54) is 6.07 Å². The van der Waals surface area contributed by atoms with E-state index in [0.29, 0.717) is 11.1 Å². The Hall–Kier alpha value is -2.00. The van der Waals surface area contributed by atoms with Crippen molar-refractivity contribution in [3.05, 3.63) is 64.7 Å². The summed E-state index contributed by atoms with van der Waals surface area (Å²) >= 11 is 6.06. The summed E-state index contributed by atoms with van der Waals surface area (Å²) in [5.41, 5.74) is -0.334. The maximum absolute atomic E-state index is 11.7. The molecule has 0 aliphatic rings. The number of benzene rings is 2. The molecule has 1 unspecified atom stereocenters. The quantitative estimate of drug-likeness (QED) is 0.903. The van der Waals surface area contributed by atoms with Gasteiger partial charge in [0, 0.05) is 0 Å². The zero-order valence-electron chi connectivity index (χ0n) is 10.3. The minimum atomic E-state index is -1.31. The molecule has 0 aliphatic heterocycles. The van der Waals surface area contributed by atoms with E-state index in [4.69, 9.17) is 11.6 Å². The fourth-order valence-electron chi connectivity index (χ4n) is 2.07. The summed E-state index contributed by atoms with van der Waals surface area (Å²) < 4.78 is 0. The molecule has 19 heavy (non-hydrogen) atoms. The summed E-state index contributed by atoms with van der Waals surface area (Å²) in [5.74, 6) is -1.14. The van der Waals surface area contributed by atoms with E-state index in [2.05, 4.69) is 0 Å². The minimum Gasteiger partial charge on any atom is -0.506 e. The normalized spacial score (nSPS) is 13.8. The Balaban J connectivity index is 2.71. The predicted molar refractivity (Wildman–Crippen MR) is 73.6 cm³/mol. The molecule has 3 nitrogen and oxygen atoms in total. The van der Waals surface area contributed by atoms with Crippen molar-refractivity contribution < 1.29 is 15.0 Å². The number of rotatable bonds is 3. The van der Waals surface area contributed by atoms with Crippen LogP contribution in [0.2, 0.25) is 5.02 Å². The van der Waals surface area contributed by atoms with Crippen molar-refractivity contribution in [3.63, 3.8) is 0 Å². The lowest BCUT2D eigenvalue weighted by molar-refractivity contribution is -0.141. The SMILES string of the molecule is CC(C(=O)O)(c1ccccc1)c1cccc(O)c1Cl. The molecular formula is C15H13ClO3. The van der Waals surface area contributed by atoms with Crippen LogP contribution in [-0.4, -0.2) is 16.2 Å². The van der Waals surface area contributed by atoms with Crippen LogP contribution in [0.25, 0.3) is 0 Å². The predicted octanol–water partition coefficient (Wildman–Crippen LogP) is 3.44. The molecule has 0 amide bonds. The first-order valence-corrected chi connectivity index (χ1v) is 6.12. The molecule has 98 valence electrons. The van der Waals surface area contributed by atoms with Crippen LogP contribution in [0.1, 0.15) is 18.1 Å². The van der Waals surface area contributed by atoms with Crippen LogP contribution >= 0.6 is 11.6 Å². The van der Waals surface area contributed by atoms with E-state index in [9.17, 15) is 15.0 Å². The molecule has 4 heteroatoms. The smallest absolute Gasteiger partial charge is 0.318 e. The number of carboxylic acid groups (broad SMARTS) is 1. The molecule has 0 saturated heterocycles. The number of carboxylic acids is 1. The minimum absolute atomic E-state index is 0.0660. The lowest BCUT2D eigenvalue weighted by atomic mass is 9.76. The summed E-state index contributed by atoms with van der Waals surface area (Å²) in [4.78, 5) is 11.7. The number of carbonyl (C=O) groups is 1. The highest BCUT2D eigenvalue weighted by molar-refractivity contribution is 6.33. The highest BCUT2D eigenvalue weighted by atomic mass is 35.5. The summed E-state index contributed by atoms with van der Waals surface area (Å²) in [5, 5.41) is 19.3. The maximum atomic E-state index is 11.7. The Kier molecular flexibility index (Phi) is 3.49. The van der Waals surface area contributed by atoms with Crippen molar-refractivity contribution in [3.8, 4) is 5.75 Å². The van der Waals surface area contributed by atoms with Crippen molar-refractivity contribution >= 4 is 17.6 Å². The third kappa shape index (κ3) is 2.17. The lowest BCUT2D eigenvalue weighted by Gasteiger charge is -2.27. The van der Waals surface area contributed by atoms with E-state index in [1.54, 1.807) is 43.3 Å². The number of phenols is 1. The van der Waals surface area contributed by atoms with Gasteiger partial charge < -0.3 is 10.2 Å². The molecule has 0 spiro atoms. The molecule has 0 bridgehead atoms. The molecule has 2 aromatic rings. The van der Waals surface area contributed by atoms with E-state index in [0.717, 1.165) is 0 Å². The fraction of sp³-hybridized carbons (Fsp3) is 0.133. The highest BCUT2D eigenvalue weighted by Gasteiger charge is 2.39. The van der Waals surface area contributed by atoms with Crippen LogP contribution in [0.15, 0.2) is 48.5 Å². The molecule has 0 aromatic heterocycles. The molecule has 2 N–H and O–H groups in total. The first-order valence-electron chi connectivity index (χ1n) is 5.75. The lowest BCUT2D eigenvalue weighted by Crippen LogP contribution is -2.34. The van der Waals surface area contributed by atoms with Gasteiger partial charge in [0.25, 0.3) is 0 Å². The number of hydrogen-bond donors (Lipinski definition) is 2. The molecule has 2 rings (SSSR count). The maximum Gasteiger partial charge on any atom is 0.318 e. The van der Waals surface area contributed by atoms with Gasteiger partial charge in [-0.3, -0.25) is 4.79 Å². The van der Waals surface area contributed by atoms with Crippen LogP contribution in [0.5, 0.6) is 5.75 Å². The summed E-state index contributed by atoms with van der Waals surface area (Å²) in [6, 6.07) is 13.4. The van der Waals surface area contributed by atoms with E-state index >= 15 is 0 Å². The Morgan fingerprint density at radius 3 is 2.32 bits per heavy atom. The van der Waals surface area contributed by atoms with Crippen molar-refractivity contribution in [2.45, 2.75) is 12.3 Å². The number of hydrogen-bond acceptors (Lipinski definition) is 2. The van der Waals surface area contributed by atoms with Gasteiger partial charge in [0.05, 0.1) is 5.02 Å². The molecule has 0 radical (unpaired) electrons. The Morgan fingerprint density at radius 1 is 1.11 bits per heavy atom. The first kappa shape index (κ1) is 13.4. The largest absolute Gasteiger partial charge is 0.506 e. The van der Waals surface area contributed by atoms with Crippen LogP contribution in [-0.2, 0) is 10.2 Å². The van der Waals surface area contributed by atoms with Crippen molar-refractivity contribution in [2.24, 2.45) is 0 Å². The summed E-state index contributed by atoms with van der Waals surface area (Å²) in [6.45, 7) is 1.57. The Labute approximate surface area is 116 Å².